The van der Waals surface area contributed by atoms with Gasteiger partial charge in [0.2, 0.25) is 0 Å². The summed E-state index contributed by atoms with van der Waals surface area (Å²) in [6.45, 7) is 3.81. The van der Waals surface area contributed by atoms with Gasteiger partial charge in [0.15, 0.2) is 0 Å². The van der Waals surface area contributed by atoms with Gasteiger partial charge < -0.3 is 10.0 Å². The van der Waals surface area contributed by atoms with Crippen LogP contribution in [0.1, 0.15) is 31.4 Å². The van der Waals surface area contributed by atoms with Gasteiger partial charge in [0, 0.05) is 18.7 Å². The minimum atomic E-state index is -4.69. The lowest BCUT2D eigenvalue weighted by molar-refractivity contribution is -0.140. The van der Waals surface area contributed by atoms with Gasteiger partial charge in [-0.05, 0) is 33.4 Å². The molecule has 2 nitrogen and oxygen atoms in total. The number of nitrogens with zero attached hydrogens (tertiary/aromatic N) is 1. The van der Waals surface area contributed by atoms with Gasteiger partial charge in [0.25, 0.3) is 0 Å². The van der Waals surface area contributed by atoms with Crippen molar-refractivity contribution < 1.29 is 22.7 Å². The number of hydrogen-bond acceptors (Lipinski definition) is 2. The van der Waals surface area contributed by atoms with Crippen molar-refractivity contribution in [2.75, 3.05) is 13.6 Å². The van der Waals surface area contributed by atoms with Gasteiger partial charge in [-0.2, -0.15) is 13.2 Å². The van der Waals surface area contributed by atoms with E-state index in [0.29, 0.717) is 13.0 Å². The van der Waals surface area contributed by atoms with Crippen molar-refractivity contribution in [1.29, 1.82) is 0 Å². The van der Waals surface area contributed by atoms with E-state index in [9.17, 15) is 22.7 Å². The van der Waals surface area contributed by atoms with Crippen LogP contribution in [-0.4, -0.2) is 29.2 Å². The SMILES string of the molecule is CN(CCC(C)(C)O)Cc1cccc(C(F)(F)F)c1F. The number of alkyl halides is 3. The summed E-state index contributed by atoms with van der Waals surface area (Å²) in [5.41, 5.74) is -2.11. The van der Waals surface area contributed by atoms with Crippen LogP contribution in [0, 0.1) is 5.82 Å². The van der Waals surface area contributed by atoms with E-state index in [4.69, 9.17) is 0 Å². The van der Waals surface area contributed by atoms with Crippen LogP contribution < -0.4 is 0 Å². The largest absolute Gasteiger partial charge is 0.419 e. The average Bonchev–Trinajstić information content (AvgIpc) is 2.27. The molecule has 6 heteroatoms. The molecule has 1 N–H and O–H groups in total. The zero-order valence-electron chi connectivity index (χ0n) is 11.8. The third-order valence-corrected chi connectivity index (χ3v) is 2.93. The first-order chi connectivity index (χ1) is 9.00. The fraction of sp³-hybridized carbons (Fsp3) is 0.571. The van der Waals surface area contributed by atoms with Gasteiger partial charge in [-0.1, -0.05) is 12.1 Å². The lowest BCUT2D eigenvalue weighted by atomic mass is 10.0. The van der Waals surface area contributed by atoms with E-state index in [2.05, 4.69) is 0 Å². The van der Waals surface area contributed by atoms with Crippen molar-refractivity contribution in [3.05, 3.63) is 35.1 Å². The van der Waals surface area contributed by atoms with Crippen molar-refractivity contribution in [1.82, 2.24) is 4.90 Å². The Morgan fingerprint density at radius 1 is 1.20 bits per heavy atom. The Morgan fingerprint density at radius 3 is 2.30 bits per heavy atom. The maximum absolute atomic E-state index is 13.8. The van der Waals surface area contributed by atoms with Gasteiger partial charge >= 0.3 is 6.18 Å². The molecule has 0 fully saturated rings. The lowest BCUT2D eigenvalue weighted by Crippen LogP contribution is -2.28. The summed E-state index contributed by atoms with van der Waals surface area (Å²) in [4.78, 5) is 1.68. The van der Waals surface area contributed by atoms with Crippen LogP contribution in [0.5, 0.6) is 0 Å². The summed E-state index contributed by atoms with van der Waals surface area (Å²) in [6, 6.07) is 3.27. The molecule has 0 bridgehead atoms. The quantitative estimate of drug-likeness (QED) is 0.841. The minimum Gasteiger partial charge on any atom is -0.390 e. The standard InChI is InChI=1S/C14H19F4NO/c1-13(2,20)7-8-19(3)9-10-5-4-6-11(12(10)15)14(16,17)18/h4-6,20H,7-9H2,1-3H3. The molecule has 0 radical (unpaired) electrons. The Hall–Kier alpha value is -1.14. The normalized spacial score (nSPS) is 13.1. The predicted molar refractivity (Wildman–Crippen MR) is 68.7 cm³/mol. The van der Waals surface area contributed by atoms with Gasteiger partial charge in [-0.3, -0.25) is 0 Å². The van der Waals surface area contributed by atoms with E-state index in [-0.39, 0.29) is 12.1 Å². The highest BCUT2D eigenvalue weighted by atomic mass is 19.4. The first kappa shape index (κ1) is 16.9. The second-order valence-corrected chi connectivity index (χ2v) is 5.58. The highest BCUT2D eigenvalue weighted by Gasteiger charge is 2.34. The highest BCUT2D eigenvalue weighted by Crippen LogP contribution is 2.32. The van der Waals surface area contributed by atoms with Crippen molar-refractivity contribution >= 4 is 0 Å². The third-order valence-electron chi connectivity index (χ3n) is 2.93. The number of rotatable bonds is 5. The highest BCUT2D eigenvalue weighted by molar-refractivity contribution is 5.28. The zero-order chi connectivity index (χ0) is 15.6. The van der Waals surface area contributed by atoms with Gasteiger partial charge in [-0.15, -0.1) is 0 Å². The van der Waals surface area contributed by atoms with E-state index in [1.807, 2.05) is 0 Å². The summed E-state index contributed by atoms with van der Waals surface area (Å²) < 4.78 is 51.6. The molecule has 20 heavy (non-hydrogen) atoms. The molecule has 0 aliphatic heterocycles. The average molecular weight is 293 g/mol. The maximum Gasteiger partial charge on any atom is 0.419 e. The molecule has 0 aliphatic carbocycles. The van der Waals surface area contributed by atoms with Crippen LogP contribution in [0.25, 0.3) is 0 Å². The molecule has 0 aliphatic rings. The van der Waals surface area contributed by atoms with Crippen LogP contribution in [0.4, 0.5) is 17.6 Å². The number of hydrogen-bond donors (Lipinski definition) is 1. The van der Waals surface area contributed by atoms with E-state index < -0.39 is 23.2 Å². The summed E-state index contributed by atoms with van der Waals surface area (Å²) >= 11 is 0. The molecule has 0 spiro atoms. The second kappa shape index (κ2) is 6.10. The first-order valence-electron chi connectivity index (χ1n) is 6.26. The lowest BCUT2D eigenvalue weighted by Gasteiger charge is -2.23. The van der Waals surface area contributed by atoms with Crippen LogP contribution >= 0.6 is 0 Å². The third kappa shape index (κ3) is 5.09. The van der Waals surface area contributed by atoms with Crippen molar-refractivity contribution in [2.24, 2.45) is 0 Å². The summed E-state index contributed by atoms with van der Waals surface area (Å²) in [5, 5.41) is 9.59. The molecule has 0 saturated carbocycles. The van der Waals surface area contributed by atoms with E-state index >= 15 is 0 Å². The Kier molecular flexibility index (Phi) is 5.15. The minimum absolute atomic E-state index is 0.00179. The van der Waals surface area contributed by atoms with Gasteiger partial charge in [-0.25, -0.2) is 4.39 Å². The van der Waals surface area contributed by atoms with Crippen molar-refractivity contribution in [3.8, 4) is 0 Å². The topological polar surface area (TPSA) is 23.5 Å². The molecule has 1 aromatic rings. The molecular formula is C14H19F4NO. The summed E-state index contributed by atoms with van der Waals surface area (Å²) in [5.74, 6) is -1.23. The molecule has 0 heterocycles. The summed E-state index contributed by atoms with van der Waals surface area (Å²) in [6.07, 6.45) is -4.24. The Labute approximate surface area is 116 Å². The molecular weight excluding hydrogens is 274 g/mol. The van der Waals surface area contributed by atoms with Gasteiger partial charge in [0.1, 0.15) is 5.82 Å². The van der Waals surface area contributed by atoms with Crippen LogP contribution in [0.15, 0.2) is 18.2 Å². The fourth-order valence-corrected chi connectivity index (χ4v) is 1.76. The molecule has 1 rings (SSSR count). The zero-order valence-corrected chi connectivity index (χ0v) is 11.8. The van der Waals surface area contributed by atoms with Crippen molar-refractivity contribution in [2.45, 2.75) is 38.6 Å². The van der Waals surface area contributed by atoms with E-state index in [1.54, 1.807) is 25.8 Å². The Bertz CT molecular complexity index is 451. The molecule has 0 aromatic heterocycles. The van der Waals surface area contributed by atoms with Crippen molar-refractivity contribution in [3.63, 3.8) is 0 Å². The number of aliphatic hydroxyl groups is 1. The fourth-order valence-electron chi connectivity index (χ4n) is 1.76. The molecule has 1 aromatic carbocycles. The molecule has 0 atom stereocenters. The molecule has 114 valence electrons. The Morgan fingerprint density at radius 2 is 1.80 bits per heavy atom. The van der Waals surface area contributed by atoms with Crippen LogP contribution in [0.2, 0.25) is 0 Å². The molecule has 0 saturated heterocycles. The summed E-state index contributed by atoms with van der Waals surface area (Å²) in [7, 11) is 1.67. The smallest absolute Gasteiger partial charge is 0.390 e. The molecule has 0 amide bonds. The maximum atomic E-state index is 13.8. The molecule has 0 unspecified atom stereocenters. The predicted octanol–water partition coefficient (Wildman–Crippen LogP) is 3.44. The van der Waals surface area contributed by atoms with Gasteiger partial charge in [0.05, 0.1) is 11.2 Å². The van der Waals surface area contributed by atoms with E-state index in [1.165, 1.54) is 12.1 Å². The van der Waals surface area contributed by atoms with E-state index in [0.717, 1.165) is 6.07 Å². The monoisotopic (exact) mass is 293 g/mol. The number of benzene rings is 1. The van der Waals surface area contributed by atoms with Crippen LogP contribution in [-0.2, 0) is 12.7 Å². The second-order valence-electron chi connectivity index (χ2n) is 5.58. The van der Waals surface area contributed by atoms with Crippen LogP contribution in [0.3, 0.4) is 0 Å². The number of halogens is 4. The first-order valence-corrected chi connectivity index (χ1v) is 6.26. The Balaban J connectivity index is 2.78.